The van der Waals surface area contributed by atoms with Crippen molar-refractivity contribution in [2.24, 2.45) is 11.7 Å². The Morgan fingerprint density at radius 1 is 1.56 bits per heavy atom. The quantitative estimate of drug-likeness (QED) is 0.745. The minimum Gasteiger partial charge on any atom is -0.369 e. The molecule has 1 aliphatic heterocycles. The Labute approximate surface area is 109 Å². The highest BCUT2D eigenvalue weighted by Crippen LogP contribution is 2.18. The van der Waals surface area contributed by atoms with Crippen molar-refractivity contribution >= 4 is 5.91 Å². The number of piperidine rings is 1. The highest BCUT2D eigenvalue weighted by atomic mass is 16.1. The Kier molecular flexibility index (Phi) is 5.12. The summed E-state index contributed by atoms with van der Waals surface area (Å²) in [7, 11) is 0. The van der Waals surface area contributed by atoms with Gasteiger partial charge in [-0.2, -0.15) is 5.26 Å². The molecule has 1 atom stereocenters. The number of carbonyl (C=O) groups is 1. The molecular weight excluding hydrogens is 228 g/mol. The number of hydrogen-bond acceptors (Lipinski definition) is 4. The van der Waals surface area contributed by atoms with E-state index in [1.807, 2.05) is 20.8 Å². The number of nitriles is 1. The second-order valence-electron chi connectivity index (χ2n) is 5.70. The molecule has 5 nitrogen and oxygen atoms in total. The second-order valence-corrected chi connectivity index (χ2v) is 5.70. The maximum atomic E-state index is 11.1. The zero-order chi connectivity index (χ0) is 13.8. The SMILES string of the molecule is CC(C)NC(C)(C#N)CN1CCC(C(N)=O)CC1. The van der Waals surface area contributed by atoms with Crippen molar-refractivity contribution in [1.29, 1.82) is 5.26 Å². The first kappa shape index (κ1) is 14.9. The highest BCUT2D eigenvalue weighted by molar-refractivity contribution is 5.76. The lowest BCUT2D eigenvalue weighted by atomic mass is 9.94. The van der Waals surface area contributed by atoms with Gasteiger partial charge < -0.3 is 10.6 Å². The van der Waals surface area contributed by atoms with Crippen molar-refractivity contribution < 1.29 is 4.79 Å². The number of carbonyl (C=O) groups excluding carboxylic acids is 1. The van der Waals surface area contributed by atoms with Gasteiger partial charge in [0, 0.05) is 18.5 Å². The van der Waals surface area contributed by atoms with E-state index in [0.717, 1.165) is 25.9 Å². The van der Waals surface area contributed by atoms with Crippen molar-refractivity contribution in [3.8, 4) is 6.07 Å². The third-order valence-electron chi connectivity index (χ3n) is 3.38. The van der Waals surface area contributed by atoms with Gasteiger partial charge in [0.1, 0.15) is 5.54 Å². The lowest BCUT2D eigenvalue weighted by molar-refractivity contribution is -0.123. The van der Waals surface area contributed by atoms with E-state index in [0.29, 0.717) is 6.54 Å². The van der Waals surface area contributed by atoms with Gasteiger partial charge >= 0.3 is 0 Å². The van der Waals surface area contributed by atoms with E-state index < -0.39 is 5.54 Å². The largest absolute Gasteiger partial charge is 0.369 e. The zero-order valence-corrected chi connectivity index (χ0v) is 11.6. The summed E-state index contributed by atoms with van der Waals surface area (Å²) in [5, 5.41) is 12.6. The molecule has 1 heterocycles. The standard InChI is InChI=1S/C13H24N4O/c1-10(2)16-13(3,8-14)9-17-6-4-11(5-7-17)12(15)18/h10-11,16H,4-7,9H2,1-3H3,(H2,15,18). The molecule has 102 valence electrons. The lowest BCUT2D eigenvalue weighted by Crippen LogP contribution is -2.54. The van der Waals surface area contributed by atoms with Crippen LogP contribution in [0.5, 0.6) is 0 Å². The van der Waals surface area contributed by atoms with Gasteiger partial charge in [-0.05, 0) is 46.7 Å². The normalized spacial score (nSPS) is 21.5. The first-order valence-corrected chi connectivity index (χ1v) is 6.57. The molecule has 0 aromatic carbocycles. The Hall–Kier alpha value is -1.12. The summed E-state index contributed by atoms with van der Waals surface area (Å²) in [5.74, 6) is -0.189. The number of nitrogens with zero attached hydrogens (tertiary/aromatic N) is 2. The van der Waals surface area contributed by atoms with E-state index in [-0.39, 0.29) is 17.9 Å². The highest BCUT2D eigenvalue weighted by Gasteiger charge is 2.30. The minimum atomic E-state index is -0.534. The number of hydrogen-bond donors (Lipinski definition) is 2. The molecule has 1 rings (SSSR count). The lowest BCUT2D eigenvalue weighted by Gasteiger charge is -2.36. The fourth-order valence-electron chi connectivity index (χ4n) is 2.57. The summed E-state index contributed by atoms with van der Waals surface area (Å²) in [6.45, 7) is 8.36. The van der Waals surface area contributed by atoms with Crippen LogP contribution in [0.4, 0.5) is 0 Å². The number of nitrogens with one attached hydrogen (secondary N) is 1. The summed E-state index contributed by atoms with van der Waals surface area (Å²) in [6, 6.07) is 2.62. The molecule has 0 aromatic heterocycles. The second kappa shape index (κ2) is 6.17. The van der Waals surface area contributed by atoms with Gasteiger partial charge in [0.05, 0.1) is 6.07 Å². The Morgan fingerprint density at radius 2 is 2.11 bits per heavy atom. The van der Waals surface area contributed by atoms with E-state index in [1.165, 1.54) is 0 Å². The van der Waals surface area contributed by atoms with Gasteiger partial charge in [0.15, 0.2) is 0 Å². The molecule has 5 heteroatoms. The number of likely N-dealkylation sites (tertiary alicyclic amines) is 1. The Bertz CT molecular complexity index is 328. The molecule has 0 aromatic rings. The van der Waals surface area contributed by atoms with Crippen LogP contribution in [0.1, 0.15) is 33.6 Å². The van der Waals surface area contributed by atoms with Crippen LogP contribution in [0.15, 0.2) is 0 Å². The zero-order valence-electron chi connectivity index (χ0n) is 11.6. The summed E-state index contributed by atoms with van der Waals surface area (Å²) in [4.78, 5) is 13.3. The summed E-state index contributed by atoms with van der Waals surface area (Å²) >= 11 is 0. The van der Waals surface area contributed by atoms with Crippen LogP contribution in [-0.4, -0.2) is 42.0 Å². The first-order chi connectivity index (χ1) is 8.36. The minimum absolute atomic E-state index is 0.00708. The van der Waals surface area contributed by atoms with E-state index in [2.05, 4.69) is 16.3 Å². The Balaban J connectivity index is 2.49. The van der Waals surface area contributed by atoms with E-state index in [9.17, 15) is 10.1 Å². The van der Waals surface area contributed by atoms with E-state index in [4.69, 9.17) is 5.73 Å². The summed E-state index contributed by atoms with van der Waals surface area (Å²) < 4.78 is 0. The van der Waals surface area contributed by atoms with Gasteiger partial charge in [-0.3, -0.25) is 10.1 Å². The molecule has 3 N–H and O–H groups in total. The van der Waals surface area contributed by atoms with Crippen LogP contribution in [0.25, 0.3) is 0 Å². The number of nitrogens with two attached hydrogens (primary N) is 1. The fourth-order valence-corrected chi connectivity index (χ4v) is 2.57. The van der Waals surface area contributed by atoms with Gasteiger partial charge in [-0.1, -0.05) is 0 Å². The van der Waals surface area contributed by atoms with Gasteiger partial charge in [0.25, 0.3) is 0 Å². The van der Waals surface area contributed by atoms with Crippen LogP contribution in [0.3, 0.4) is 0 Å². The van der Waals surface area contributed by atoms with Crippen LogP contribution < -0.4 is 11.1 Å². The maximum absolute atomic E-state index is 11.1. The van der Waals surface area contributed by atoms with Crippen LogP contribution in [-0.2, 0) is 4.79 Å². The predicted octanol–water partition coefficient (Wildman–Crippen LogP) is 0.464. The molecular formula is C13H24N4O. The van der Waals surface area contributed by atoms with Crippen LogP contribution in [0.2, 0.25) is 0 Å². The topological polar surface area (TPSA) is 82.2 Å². The average molecular weight is 252 g/mol. The number of amides is 1. The maximum Gasteiger partial charge on any atom is 0.220 e. The van der Waals surface area contributed by atoms with Crippen molar-refractivity contribution in [2.75, 3.05) is 19.6 Å². The number of primary amides is 1. The molecule has 0 spiro atoms. The molecule has 1 amide bonds. The third-order valence-corrected chi connectivity index (χ3v) is 3.38. The van der Waals surface area contributed by atoms with Gasteiger partial charge in [0.2, 0.25) is 5.91 Å². The van der Waals surface area contributed by atoms with Crippen molar-refractivity contribution in [2.45, 2.75) is 45.2 Å². The molecule has 1 saturated heterocycles. The molecule has 0 saturated carbocycles. The molecule has 1 unspecified atom stereocenters. The third kappa shape index (κ3) is 4.28. The summed E-state index contributed by atoms with van der Waals surface area (Å²) in [5.41, 5.74) is 4.78. The molecule has 0 bridgehead atoms. The molecule has 0 radical (unpaired) electrons. The van der Waals surface area contributed by atoms with Crippen molar-refractivity contribution in [3.05, 3.63) is 0 Å². The smallest absolute Gasteiger partial charge is 0.220 e. The van der Waals surface area contributed by atoms with Crippen LogP contribution >= 0.6 is 0 Å². The van der Waals surface area contributed by atoms with Gasteiger partial charge in [-0.15, -0.1) is 0 Å². The molecule has 1 aliphatic rings. The molecule has 1 fully saturated rings. The van der Waals surface area contributed by atoms with Crippen molar-refractivity contribution in [1.82, 2.24) is 10.2 Å². The predicted molar refractivity (Wildman–Crippen MR) is 70.6 cm³/mol. The monoisotopic (exact) mass is 252 g/mol. The molecule has 18 heavy (non-hydrogen) atoms. The first-order valence-electron chi connectivity index (χ1n) is 6.57. The summed E-state index contributed by atoms with van der Waals surface area (Å²) in [6.07, 6.45) is 1.61. The Morgan fingerprint density at radius 3 is 2.50 bits per heavy atom. The van der Waals surface area contributed by atoms with E-state index in [1.54, 1.807) is 0 Å². The number of rotatable bonds is 5. The fraction of sp³-hybridized carbons (Fsp3) is 0.846. The molecule has 0 aliphatic carbocycles. The van der Waals surface area contributed by atoms with Crippen molar-refractivity contribution in [3.63, 3.8) is 0 Å². The average Bonchev–Trinajstić information content (AvgIpc) is 2.28. The van der Waals surface area contributed by atoms with Crippen LogP contribution in [0, 0.1) is 17.2 Å². The van der Waals surface area contributed by atoms with Gasteiger partial charge in [-0.25, -0.2) is 0 Å². The van der Waals surface area contributed by atoms with E-state index >= 15 is 0 Å².